The van der Waals surface area contributed by atoms with Crippen LogP contribution in [0.3, 0.4) is 0 Å². The van der Waals surface area contributed by atoms with Gasteiger partial charge in [-0.3, -0.25) is 4.79 Å². The van der Waals surface area contributed by atoms with Gasteiger partial charge in [-0.25, -0.2) is 8.42 Å². The van der Waals surface area contributed by atoms with Crippen molar-refractivity contribution in [2.45, 2.75) is 45.6 Å². The van der Waals surface area contributed by atoms with Gasteiger partial charge in [0.25, 0.3) is 0 Å². The lowest BCUT2D eigenvalue weighted by Crippen LogP contribution is -2.41. The molecule has 0 aromatic carbocycles. The monoisotopic (exact) mass is 290 g/mol. The Bertz CT molecular complexity index is 379. The molecule has 1 aliphatic heterocycles. The average Bonchev–Trinajstić information content (AvgIpc) is 2.30. The number of carbonyl (C=O) groups is 1. The van der Waals surface area contributed by atoms with Gasteiger partial charge < -0.3 is 11.1 Å². The molecule has 0 aromatic heterocycles. The highest BCUT2D eigenvalue weighted by molar-refractivity contribution is 7.91. The van der Waals surface area contributed by atoms with Gasteiger partial charge in [-0.2, -0.15) is 0 Å². The SMILES string of the molecule is CC(C)CC(CN)CC(=O)NC1CCS(=O)(=O)CC1. The second kappa shape index (κ2) is 7.24. The van der Waals surface area contributed by atoms with Gasteiger partial charge in [-0.05, 0) is 37.6 Å². The van der Waals surface area contributed by atoms with Crippen LogP contribution in [-0.4, -0.2) is 38.4 Å². The Hall–Kier alpha value is -0.620. The normalized spacial score (nSPS) is 21.3. The lowest BCUT2D eigenvalue weighted by molar-refractivity contribution is -0.122. The quantitative estimate of drug-likeness (QED) is 0.753. The van der Waals surface area contributed by atoms with Crippen molar-refractivity contribution in [3.05, 3.63) is 0 Å². The van der Waals surface area contributed by atoms with Crippen LogP contribution in [0.25, 0.3) is 0 Å². The van der Waals surface area contributed by atoms with Crippen LogP contribution in [0.15, 0.2) is 0 Å². The summed E-state index contributed by atoms with van der Waals surface area (Å²) in [5.41, 5.74) is 5.68. The van der Waals surface area contributed by atoms with Crippen LogP contribution >= 0.6 is 0 Å². The molecule has 5 nitrogen and oxygen atoms in total. The third-order valence-corrected chi connectivity index (χ3v) is 5.25. The van der Waals surface area contributed by atoms with Crippen molar-refractivity contribution in [2.75, 3.05) is 18.1 Å². The van der Waals surface area contributed by atoms with Gasteiger partial charge in [0.15, 0.2) is 0 Å². The summed E-state index contributed by atoms with van der Waals surface area (Å²) < 4.78 is 22.6. The summed E-state index contributed by atoms with van der Waals surface area (Å²) in [5.74, 6) is 1.11. The summed E-state index contributed by atoms with van der Waals surface area (Å²) in [7, 11) is -2.87. The van der Waals surface area contributed by atoms with E-state index in [1.165, 1.54) is 0 Å². The van der Waals surface area contributed by atoms with Gasteiger partial charge in [0.2, 0.25) is 5.91 Å². The molecule has 1 atom stereocenters. The fraction of sp³-hybridized carbons (Fsp3) is 0.923. The Morgan fingerprint density at radius 1 is 1.32 bits per heavy atom. The van der Waals surface area contributed by atoms with E-state index in [-0.39, 0.29) is 29.4 Å². The van der Waals surface area contributed by atoms with E-state index in [0.29, 0.717) is 31.7 Å². The molecule has 0 saturated carbocycles. The summed E-state index contributed by atoms with van der Waals surface area (Å²) >= 11 is 0. The molecule has 1 saturated heterocycles. The molecule has 3 N–H and O–H groups in total. The minimum atomic E-state index is -2.87. The number of rotatable bonds is 6. The van der Waals surface area contributed by atoms with Crippen LogP contribution in [0.2, 0.25) is 0 Å². The van der Waals surface area contributed by atoms with Gasteiger partial charge in [-0.1, -0.05) is 13.8 Å². The highest BCUT2D eigenvalue weighted by Gasteiger charge is 2.25. The number of hydrogen-bond donors (Lipinski definition) is 2. The minimum Gasteiger partial charge on any atom is -0.353 e. The molecule has 1 heterocycles. The molecule has 0 aromatic rings. The first kappa shape index (κ1) is 16.4. The van der Waals surface area contributed by atoms with Gasteiger partial charge in [0.05, 0.1) is 11.5 Å². The molecular weight excluding hydrogens is 264 g/mol. The van der Waals surface area contributed by atoms with Crippen molar-refractivity contribution in [2.24, 2.45) is 17.6 Å². The molecule has 0 spiro atoms. The van der Waals surface area contributed by atoms with Crippen molar-refractivity contribution in [1.82, 2.24) is 5.32 Å². The highest BCUT2D eigenvalue weighted by atomic mass is 32.2. The average molecular weight is 290 g/mol. The number of hydrogen-bond acceptors (Lipinski definition) is 4. The van der Waals surface area contributed by atoms with Gasteiger partial charge in [0, 0.05) is 12.5 Å². The Kier molecular flexibility index (Phi) is 6.26. The first-order valence-electron chi connectivity index (χ1n) is 7.02. The van der Waals surface area contributed by atoms with E-state index in [1.54, 1.807) is 0 Å². The van der Waals surface area contributed by atoms with Crippen LogP contribution in [0.4, 0.5) is 0 Å². The number of sulfone groups is 1. The fourth-order valence-corrected chi connectivity index (χ4v) is 4.00. The molecule has 112 valence electrons. The Balaban J connectivity index is 2.35. The van der Waals surface area contributed by atoms with Crippen LogP contribution in [0.5, 0.6) is 0 Å². The summed E-state index contributed by atoms with van der Waals surface area (Å²) in [4.78, 5) is 11.9. The third-order valence-electron chi connectivity index (χ3n) is 3.53. The summed E-state index contributed by atoms with van der Waals surface area (Å²) in [5, 5.41) is 2.94. The second-order valence-corrected chi connectivity index (χ2v) is 8.23. The van der Waals surface area contributed by atoms with Crippen molar-refractivity contribution >= 4 is 15.7 Å². The van der Waals surface area contributed by atoms with E-state index in [0.717, 1.165) is 6.42 Å². The van der Waals surface area contributed by atoms with E-state index in [1.807, 2.05) is 0 Å². The standard InChI is InChI=1S/C13H26N2O3S/c1-10(2)7-11(9-14)8-13(16)15-12-3-5-19(17,18)6-4-12/h10-12H,3-9,14H2,1-2H3,(H,15,16). The molecule has 6 heteroatoms. The number of nitrogens with two attached hydrogens (primary N) is 1. The first-order chi connectivity index (χ1) is 8.82. The summed E-state index contributed by atoms with van der Waals surface area (Å²) in [6, 6.07) is 0.00787. The molecular formula is C13H26N2O3S. The minimum absolute atomic E-state index is 0.000368. The Labute approximate surface area is 116 Å². The Morgan fingerprint density at radius 3 is 2.37 bits per heavy atom. The van der Waals surface area contributed by atoms with Crippen molar-refractivity contribution in [1.29, 1.82) is 0 Å². The third kappa shape index (κ3) is 6.38. The molecule has 0 radical (unpaired) electrons. The van der Waals surface area contributed by atoms with Crippen LogP contribution in [0, 0.1) is 11.8 Å². The fourth-order valence-electron chi connectivity index (χ4n) is 2.51. The van der Waals surface area contributed by atoms with E-state index in [2.05, 4.69) is 19.2 Å². The van der Waals surface area contributed by atoms with E-state index in [4.69, 9.17) is 5.73 Å². The zero-order chi connectivity index (χ0) is 14.5. The van der Waals surface area contributed by atoms with Crippen LogP contribution in [-0.2, 0) is 14.6 Å². The molecule has 1 rings (SSSR count). The largest absolute Gasteiger partial charge is 0.353 e. The summed E-state index contributed by atoms with van der Waals surface area (Å²) in [6.45, 7) is 4.75. The lowest BCUT2D eigenvalue weighted by atomic mass is 9.94. The molecule has 1 unspecified atom stereocenters. The predicted octanol–water partition coefficient (Wildman–Crippen LogP) is 0.691. The second-order valence-electron chi connectivity index (χ2n) is 5.93. The molecule has 1 fully saturated rings. The van der Waals surface area contributed by atoms with Crippen molar-refractivity contribution in [3.8, 4) is 0 Å². The van der Waals surface area contributed by atoms with Crippen LogP contribution in [0.1, 0.15) is 39.5 Å². The highest BCUT2D eigenvalue weighted by Crippen LogP contribution is 2.16. The predicted molar refractivity (Wildman–Crippen MR) is 76.4 cm³/mol. The number of amides is 1. The first-order valence-corrected chi connectivity index (χ1v) is 8.84. The van der Waals surface area contributed by atoms with E-state index < -0.39 is 9.84 Å². The van der Waals surface area contributed by atoms with Gasteiger partial charge in [0.1, 0.15) is 9.84 Å². The number of carbonyl (C=O) groups excluding carboxylic acids is 1. The van der Waals surface area contributed by atoms with Crippen LogP contribution < -0.4 is 11.1 Å². The smallest absolute Gasteiger partial charge is 0.220 e. The van der Waals surface area contributed by atoms with E-state index >= 15 is 0 Å². The lowest BCUT2D eigenvalue weighted by Gasteiger charge is -2.24. The topological polar surface area (TPSA) is 89.3 Å². The molecule has 19 heavy (non-hydrogen) atoms. The Morgan fingerprint density at radius 2 is 1.89 bits per heavy atom. The number of nitrogens with one attached hydrogen (secondary N) is 1. The summed E-state index contributed by atoms with van der Waals surface area (Å²) in [6.07, 6.45) is 2.46. The molecule has 1 aliphatic rings. The van der Waals surface area contributed by atoms with Gasteiger partial charge >= 0.3 is 0 Å². The van der Waals surface area contributed by atoms with Crippen molar-refractivity contribution in [3.63, 3.8) is 0 Å². The van der Waals surface area contributed by atoms with E-state index in [9.17, 15) is 13.2 Å². The maximum Gasteiger partial charge on any atom is 0.220 e. The molecule has 0 aliphatic carbocycles. The molecule has 0 bridgehead atoms. The van der Waals surface area contributed by atoms with Crippen molar-refractivity contribution < 1.29 is 13.2 Å². The zero-order valence-electron chi connectivity index (χ0n) is 11.9. The zero-order valence-corrected chi connectivity index (χ0v) is 12.7. The maximum atomic E-state index is 11.9. The maximum absolute atomic E-state index is 11.9. The molecule has 1 amide bonds. The van der Waals surface area contributed by atoms with Gasteiger partial charge in [-0.15, -0.1) is 0 Å².